The predicted molar refractivity (Wildman–Crippen MR) is 131 cm³/mol. The molecule has 0 bridgehead atoms. The van der Waals surface area contributed by atoms with Crippen molar-refractivity contribution in [2.24, 2.45) is 0 Å². The van der Waals surface area contributed by atoms with E-state index in [-0.39, 0.29) is 29.2 Å². The summed E-state index contributed by atoms with van der Waals surface area (Å²) in [6, 6.07) is 9.98. The molecule has 0 atom stereocenters. The van der Waals surface area contributed by atoms with Gasteiger partial charge in [-0.25, -0.2) is 18.5 Å². The molecule has 13 nitrogen and oxygen atoms in total. The van der Waals surface area contributed by atoms with Gasteiger partial charge in [-0.1, -0.05) is 0 Å². The number of amides is 1. The summed E-state index contributed by atoms with van der Waals surface area (Å²) >= 11 is 0. The van der Waals surface area contributed by atoms with E-state index >= 15 is 0 Å². The molecule has 0 aliphatic carbocycles. The predicted octanol–water partition coefficient (Wildman–Crippen LogP) is 2.21. The molecule has 1 saturated heterocycles. The SMILES string of the molecule is COCCN1CCC(C(=O)NO)(S(=O)(=O)c2ccc(Oc3ccc(OC(F)(F)F)cc3)cc2)CC1.O=P(O)(O)O. The number of ether oxygens (including phenoxy) is 3. The minimum Gasteiger partial charge on any atom is -0.457 e. The van der Waals surface area contributed by atoms with E-state index in [0.717, 1.165) is 12.1 Å². The molecular weight excluding hydrogens is 588 g/mol. The van der Waals surface area contributed by atoms with Crippen LogP contribution in [-0.4, -0.2) is 83.6 Å². The summed E-state index contributed by atoms with van der Waals surface area (Å²) in [5.74, 6) is -0.976. The molecule has 18 heteroatoms. The number of hydroxylamine groups is 1. The topological polar surface area (TPSA) is 192 Å². The van der Waals surface area contributed by atoms with E-state index in [4.69, 9.17) is 28.7 Å². The molecule has 0 unspecified atom stereocenters. The van der Waals surface area contributed by atoms with Crippen LogP contribution in [0.4, 0.5) is 13.2 Å². The molecule has 0 radical (unpaired) electrons. The Balaban J connectivity index is 0.00000103. The second-order valence-electron chi connectivity index (χ2n) is 8.38. The fourth-order valence-corrected chi connectivity index (χ4v) is 5.79. The lowest BCUT2D eigenvalue weighted by molar-refractivity contribution is -0.274. The lowest BCUT2D eigenvalue weighted by atomic mass is 9.95. The van der Waals surface area contributed by atoms with E-state index in [1.54, 1.807) is 7.11 Å². The molecule has 1 heterocycles. The average molecular weight is 617 g/mol. The fraction of sp³-hybridized carbons (Fsp3) is 0.409. The Morgan fingerprint density at radius 1 is 1.00 bits per heavy atom. The first-order valence-corrected chi connectivity index (χ1v) is 14.4. The highest BCUT2D eigenvalue weighted by Crippen LogP contribution is 2.37. The van der Waals surface area contributed by atoms with Gasteiger partial charge in [-0.05, 0) is 61.4 Å². The maximum absolute atomic E-state index is 13.5. The van der Waals surface area contributed by atoms with Gasteiger partial charge in [0.25, 0.3) is 5.91 Å². The average Bonchev–Trinajstić information content (AvgIpc) is 2.87. The number of phosphoric acid groups is 1. The monoisotopic (exact) mass is 616 g/mol. The Kier molecular flexibility index (Phi) is 11.5. The number of carbonyl (C=O) groups is 1. The summed E-state index contributed by atoms with van der Waals surface area (Å²) in [6.45, 7) is 1.70. The zero-order chi connectivity index (χ0) is 30.2. The summed E-state index contributed by atoms with van der Waals surface area (Å²) in [4.78, 5) is 36.0. The number of methoxy groups -OCH3 is 1. The zero-order valence-corrected chi connectivity index (χ0v) is 22.7. The van der Waals surface area contributed by atoms with Crippen LogP contribution in [0.3, 0.4) is 0 Å². The van der Waals surface area contributed by atoms with Crippen molar-refractivity contribution in [2.45, 2.75) is 28.8 Å². The largest absolute Gasteiger partial charge is 0.573 e. The zero-order valence-electron chi connectivity index (χ0n) is 20.9. The van der Waals surface area contributed by atoms with Crippen LogP contribution in [0.5, 0.6) is 17.2 Å². The molecule has 2 aromatic rings. The van der Waals surface area contributed by atoms with Gasteiger partial charge >= 0.3 is 14.2 Å². The van der Waals surface area contributed by atoms with E-state index in [2.05, 4.69) is 4.74 Å². The third-order valence-electron chi connectivity index (χ3n) is 5.73. The number of carbonyl (C=O) groups excluding carboxylic acids is 1. The van der Waals surface area contributed by atoms with Crippen LogP contribution in [0.15, 0.2) is 53.4 Å². The Labute approximate surface area is 227 Å². The number of hydrogen-bond acceptors (Lipinski definition) is 9. The summed E-state index contributed by atoms with van der Waals surface area (Å²) in [6.07, 6.45) is -4.85. The van der Waals surface area contributed by atoms with Crippen molar-refractivity contribution in [3.8, 4) is 17.2 Å². The van der Waals surface area contributed by atoms with Crippen molar-refractivity contribution in [2.75, 3.05) is 33.4 Å². The van der Waals surface area contributed by atoms with Crippen molar-refractivity contribution >= 4 is 23.6 Å². The number of nitrogens with one attached hydrogen (secondary N) is 1. The highest BCUT2D eigenvalue weighted by atomic mass is 32.2. The van der Waals surface area contributed by atoms with Crippen LogP contribution in [0.2, 0.25) is 0 Å². The lowest BCUT2D eigenvalue weighted by Crippen LogP contribution is -2.57. The number of piperidine rings is 1. The molecule has 0 saturated carbocycles. The second kappa shape index (κ2) is 13.7. The third-order valence-corrected chi connectivity index (χ3v) is 8.25. The van der Waals surface area contributed by atoms with Crippen LogP contribution in [-0.2, 0) is 23.9 Å². The molecule has 3 rings (SSSR count). The number of nitrogens with zero attached hydrogens (tertiary/aromatic N) is 1. The number of rotatable bonds is 9. The normalized spacial score (nSPS) is 15.9. The second-order valence-corrected chi connectivity index (χ2v) is 11.7. The van der Waals surface area contributed by atoms with Crippen LogP contribution >= 0.6 is 7.82 Å². The quantitative estimate of drug-likeness (QED) is 0.157. The van der Waals surface area contributed by atoms with Crippen molar-refractivity contribution in [1.29, 1.82) is 0 Å². The number of alkyl halides is 3. The molecule has 2 aromatic carbocycles. The van der Waals surface area contributed by atoms with Gasteiger partial charge in [0, 0.05) is 26.7 Å². The van der Waals surface area contributed by atoms with Crippen LogP contribution in [0.25, 0.3) is 0 Å². The van der Waals surface area contributed by atoms with Gasteiger partial charge in [0.1, 0.15) is 17.2 Å². The number of likely N-dealkylation sites (tertiary alicyclic amines) is 1. The highest BCUT2D eigenvalue weighted by Gasteiger charge is 2.52. The molecule has 1 aliphatic rings. The molecule has 5 N–H and O–H groups in total. The number of halogens is 3. The number of hydrogen-bond donors (Lipinski definition) is 5. The van der Waals surface area contributed by atoms with Gasteiger partial charge in [0.2, 0.25) is 0 Å². The molecule has 0 spiro atoms. The fourth-order valence-electron chi connectivity index (χ4n) is 3.84. The first-order chi connectivity index (χ1) is 18.5. The van der Waals surface area contributed by atoms with Gasteiger partial charge in [-0.3, -0.25) is 10.0 Å². The maximum Gasteiger partial charge on any atom is 0.573 e. The molecular formula is C22H28F3N2O11PS. The van der Waals surface area contributed by atoms with Crippen molar-refractivity contribution in [1.82, 2.24) is 10.4 Å². The lowest BCUT2D eigenvalue weighted by Gasteiger charge is -2.39. The van der Waals surface area contributed by atoms with Gasteiger partial charge in [0.05, 0.1) is 11.5 Å². The van der Waals surface area contributed by atoms with Crippen molar-refractivity contribution < 1.29 is 65.0 Å². The Bertz CT molecular complexity index is 1250. The first-order valence-electron chi connectivity index (χ1n) is 11.3. The van der Waals surface area contributed by atoms with Gasteiger partial charge in [-0.15, -0.1) is 13.2 Å². The van der Waals surface area contributed by atoms with Crippen molar-refractivity contribution in [3.63, 3.8) is 0 Å². The summed E-state index contributed by atoms with van der Waals surface area (Å²) in [5.41, 5.74) is 1.51. The molecule has 1 aliphatic heterocycles. The maximum atomic E-state index is 13.5. The van der Waals surface area contributed by atoms with E-state index in [0.29, 0.717) is 26.2 Å². The van der Waals surface area contributed by atoms with Crippen molar-refractivity contribution in [3.05, 3.63) is 48.5 Å². The van der Waals surface area contributed by atoms with E-state index in [1.165, 1.54) is 41.9 Å². The first kappa shape index (κ1) is 33.4. The Morgan fingerprint density at radius 2 is 1.45 bits per heavy atom. The third kappa shape index (κ3) is 9.71. The summed E-state index contributed by atoms with van der Waals surface area (Å²) in [5, 5.41) is 9.27. The van der Waals surface area contributed by atoms with Crippen LogP contribution < -0.4 is 15.0 Å². The molecule has 40 heavy (non-hydrogen) atoms. The molecule has 0 aromatic heterocycles. The minimum atomic E-state index is -4.81. The van der Waals surface area contributed by atoms with Gasteiger partial charge in [-0.2, -0.15) is 0 Å². The van der Waals surface area contributed by atoms with E-state index in [1.807, 2.05) is 4.90 Å². The summed E-state index contributed by atoms with van der Waals surface area (Å²) < 4.78 is 85.2. The van der Waals surface area contributed by atoms with Crippen LogP contribution in [0.1, 0.15) is 12.8 Å². The Hall–Kier alpha value is -2.76. The minimum absolute atomic E-state index is 0.0178. The molecule has 1 amide bonds. The van der Waals surface area contributed by atoms with Gasteiger partial charge in [0.15, 0.2) is 14.6 Å². The summed E-state index contributed by atoms with van der Waals surface area (Å²) in [7, 11) is -7.28. The standard InChI is InChI=1S/C22H25F3N2O7S.H3O4P/c1-32-15-14-27-12-10-21(11-13-27,20(28)26-29)35(30,31)19-8-6-17(7-9-19)33-16-2-4-18(5-3-16)34-22(23,24)25;1-5(2,3)4/h2-9,29H,10-15H2,1H3,(H,26,28);(H3,1,2,3,4). The van der Waals surface area contributed by atoms with E-state index < -0.39 is 40.4 Å². The smallest absolute Gasteiger partial charge is 0.457 e. The Morgan fingerprint density at radius 3 is 1.88 bits per heavy atom. The van der Waals surface area contributed by atoms with Crippen LogP contribution in [0, 0.1) is 0 Å². The number of sulfone groups is 1. The number of benzene rings is 2. The highest BCUT2D eigenvalue weighted by molar-refractivity contribution is 7.93. The molecule has 224 valence electrons. The molecule has 1 fully saturated rings. The van der Waals surface area contributed by atoms with E-state index in [9.17, 15) is 31.6 Å². The van der Waals surface area contributed by atoms with Gasteiger partial charge < -0.3 is 33.8 Å².